The molecule has 1 aromatic heterocycles. The van der Waals surface area contributed by atoms with Gasteiger partial charge in [-0.3, -0.25) is 4.79 Å². The van der Waals surface area contributed by atoms with Gasteiger partial charge in [0.25, 0.3) is 0 Å². The molecule has 1 fully saturated rings. The molecule has 4 aromatic rings. The van der Waals surface area contributed by atoms with Crippen molar-refractivity contribution < 1.29 is 53.3 Å². The number of fused-ring (bicyclic) bond motifs is 1. The zero-order valence-electron chi connectivity index (χ0n) is 23.7. The first-order valence-electron chi connectivity index (χ1n) is 13.5. The van der Waals surface area contributed by atoms with E-state index in [1.165, 1.54) is 32.4 Å². The Hall–Kier alpha value is -4.88. The van der Waals surface area contributed by atoms with Crippen LogP contribution in [0.25, 0.3) is 28.4 Å². The standard InChI is InChI=1S/C32H30O12/c1-39-23-15-20(35)26-19(34)14-22(41-30(26)29(23)40-2)18-10-6-7-11-21(18)42-32-31(28(38)27(37)24(16-33)43-32)44-25(36)13-12-17-8-4-3-5-9-17/h3-15,24,27-28,31-33,35,37-38H,16H2,1-2H3/b13-12-/t24-,27+,28-,31+,32-/m0/s1. The first-order chi connectivity index (χ1) is 21.2. The van der Waals surface area contributed by atoms with Crippen molar-refractivity contribution in [2.45, 2.75) is 30.7 Å². The molecule has 2 heterocycles. The van der Waals surface area contributed by atoms with Gasteiger partial charge in [-0.2, -0.15) is 0 Å². The second-order valence-electron chi connectivity index (χ2n) is 9.78. The Bertz CT molecular complexity index is 1710. The number of esters is 1. The highest BCUT2D eigenvalue weighted by Crippen LogP contribution is 2.42. The van der Waals surface area contributed by atoms with Crippen LogP contribution < -0.4 is 19.6 Å². The number of aromatic hydroxyl groups is 1. The van der Waals surface area contributed by atoms with E-state index in [-0.39, 0.29) is 45.3 Å². The minimum absolute atomic E-state index is 0.0125. The number of ether oxygens (including phenoxy) is 5. The summed E-state index contributed by atoms with van der Waals surface area (Å²) in [5.74, 6) is -0.921. The molecule has 0 unspecified atom stereocenters. The molecule has 230 valence electrons. The summed E-state index contributed by atoms with van der Waals surface area (Å²) in [7, 11) is 2.72. The molecule has 12 heteroatoms. The summed E-state index contributed by atoms with van der Waals surface area (Å²) in [6.07, 6.45) is -4.93. The molecular weight excluding hydrogens is 576 g/mol. The van der Waals surface area contributed by atoms with E-state index in [1.807, 2.05) is 6.07 Å². The van der Waals surface area contributed by atoms with Gasteiger partial charge in [0.1, 0.15) is 41.0 Å². The molecule has 5 rings (SSSR count). The highest BCUT2D eigenvalue weighted by Gasteiger charge is 2.48. The maximum atomic E-state index is 13.1. The summed E-state index contributed by atoms with van der Waals surface area (Å²) in [6.45, 7) is -0.668. The SMILES string of the molecule is COc1cc(O)c2c(=O)cc(-c3ccccc3O[C@H]3O[C@@H](CO)[C@@H](O)[C@H](O)[C@H]3OC(=O)/C=C\c3ccccc3)oc2c1OC. The third-order valence-electron chi connectivity index (χ3n) is 7.01. The summed E-state index contributed by atoms with van der Waals surface area (Å²) < 4.78 is 34.0. The van der Waals surface area contributed by atoms with Gasteiger partial charge in [-0.05, 0) is 23.8 Å². The Kier molecular flexibility index (Phi) is 9.16. The van der Waals surface area contributed by atoms with Crippen LogP contribution in [0.15, 0.2) is 82.0 Å². The third-order valence-corrected chi connectivity index (χ3v) is 7.01. The lowest BCUT2D eigenvalue weighted by molar-refractivity contribution is -0.281. The van der Waals surface area contributed by atoms with E-state index < -0.39 is 48.7 Å². The Morgan fingerprint density at radius 2 is 1.68 bits per heavy atom. The molecule has 0 amide bonds. The summed E-state index contributed by atoms with van der Waals surface area (Å²) in [5.41, 5.74) is 0.312. The van der Waals surface area contributed by atoms with Crippen LogP contribution in [0.2, 0.25) is 0 Å². The first-order valence-corrected chi connectivity index (χ1v) is 13.5. The normalized spacial score (nSPS) is 21.7. The topological polar surface area (TPSA) is 174 Å². The number of methoxy groups -OCH3 is 2. The molecule has 3 aromatic carbocycles. The van der Waals surface area contributed by atoms with Crippen LogP contribution in [-0.2, 0) is 14.3 Å². The van der Waals surface area contributed by atoms with Crippen LogP contribution in [0.1, 0.15) is 5.56 Å². The number of rotatable bonds is 9. The molecule has 1 aliphatic rings. The van der Waals surface area contributed by atoms with Gasteiger partial charge in [0.2, 0.25) is 12.0 Å². The maximum Gasteiger partial charge on any atom is 0.331 e. The number of phenols is 1. The van der Waals surface area contributed by atoms with Crippen LogP contribution in [0, 0.1) is 0 Å². The lowest BCUT2D eigenvalue weighted by Crippen LogP contribution is -2.61. The van der Waals surface area contributed by atoms with E-state index in [2.05, 4.69) is 0 Å². The van der Waals surface area contributed by atoms with Crippen molar-refractivity contribution in [1.82, 2.24) is 0 Å². The summed E-state index contributed by atoms with van der Waals surface area (Å²) in [6, 6.07) is 17.7. The molecule has 4 N–H and O–H groups in total. The molecule has 0 saturated carbocycles. The number of hydrogen-bond donors (Lipinski definition) is 4. The van der Waals surface area contributed by atoms with Gasteiger partial charge in [0, 0.05) is 18.2 Å². The molecule has 0 bridgehead atoms. The van der Waals surface area contributed by atoms with E-state index in [1.54, 1.807) is 42.5 Å². The Morgan fingerprint density at radius 3 is 2.39 bits per heavy atom. The van der Waals surface area contributed by atoms with E-state index in [4.69, 9.17) is 28.1 Å². The highest BCUT2D eigenvalue weighted by molar-refractivity contribution is 5.92. The Labute approximate surface area is 250 Å². The quantitative estimate of drug-likeness (QED) is 0.162. The second kappa shape index (κ2) is 13.2. The molecular formula is C32H30O12. The second-order valence-corrected chi connectivity index (χ2v) is 9.78. The van der Waals surface area contributed by atoms with Gasteiger partial charge >= 0.3 is 5.97 Å². The molecule has 5 atom stereocenters. The van der Waals surface area contributed by atoms with Crippen molar-refractivity contribution in [3.63, 3.8) is 0 Å². The zero-order chi connectivity index (χ0) is 31.4. The summed E-state index contributed by atoms with van der Waals surface area (Å²) in [4.78, 5) is 25.8. The average Bonchev–Trinajstić information content (AvgIpc) is 3.03. The van der Waals surface area contributed by atoms with Crippen molar-refractivity contribution in [2.75, 3.05) is 20.8 Å². The molecule has 0 radical (unpaired) electrons. The van der Waals surface area contributed by atoms with Gasteiger partial charge in [-0.25, -0.2) is 4.79 Å². The van der Waals surface area contributed by atoms with E-state index in [9.17, 15) is 30.0 Å². The van der Waals surface area contributed by atoms with Crippen LogP contribution >= 0.6 is 0 Å². The van der Waals surface area contributed by atoms with Crippen molar-refractivity contribution in [2.24, 2.45) is 0 Å². The molecule has 0 aliphatic carbocycles. The number of aliphatic hydroxyl groups is 3. The fraction of sp³-hybridized carbons (Fsp3) is 0.250. The molecule has 12 nitrogen and oxygen atoms in total. The minimum atomic E-state index is -1.69. The Morgan fingerprint density at radius 1 is 0.955 bits per heavy atom. The fourth-order valence-electron chi connectivity index (χ4n) is 4.82. The molecule has 1 aliphatic heterocycles. The maximum absolute atomic E-state index is 13.1. The number of benzene rings is 3. The van der Waals surface area contributed by atoms with Crippen LogP contribution in [-0.4, -0.2) is 77.9 Å². The van der Waals surface area contributed by atoms with E-state index >= 15 is 0 Å². The summed E-state index contributed by atoms with van der Waals surface area (Å²) in [5, 5.41) is 41.5. The number of carbonyl (C=O) groups is 1. The van der Waals surface area contributed by atoms with Crippen LogP contribution in [0.5, 0.6) is 23.0 Å². The van der Waals surface area contributed by atoms with Crippen LogP contribution in [0.3, 0.4) is 0 Å². The van der Waals surface area contributed by atoms with Crippen molar-refractivity contribution in [1.29, 1.82) is 0 Å². The predicted molar refractivity (Wildman–Crippen MR) is 156 cm³/mol. The summed E-state index contributed by atoms with van der Waals surface area (Å²) >= 11 is 0. The molecule has 44 heavy (non-hydrogen) atoms. The van der Waals surface area contributed by atoms with Gasteiger partial charge in [0.05, 0.1) is 26.4 Å². The number of carbonyl (C=O) groups excluding carboxylic acids is 1. The van der Waals surface area contributed by atoms with E-state index in [0.29, 0.717) is 0 Å². The van der Waals surface area contributed by atoms with Crippen molar-refractivity contribution in [3.05, 3.63) is 88.6 Å². The average molecular weight is 607 g/mol. The Balaban J connectivity index is 1.51. The van der Waals surface area contributed by atoms with Gasteiger partial charge in [-0.15, -0.1) is 0 Å². The number of para-hydroxylation sites is 1. The molecule has 1 saturated heterocycles. The zero-order valence-corrected chi connectivity index (χ0v) is 23.7. The molecule has 0 spiro atoms. The number of phenolic OH excluding ortho intramolecular Hbond substituents is 1. The first kappa shape index (κ1) is 30.6. The van der Waals surface area contributed by atoms with E-state index in [0.717, 1.165) is 17.7 Å². The monoisotopic (exact) mass is 606 g/mol. The van der Waals surface area contributed by atoms with Gasteiger partial charge in [0.15, 0.2) is 22.9 Å². The highest BCUT2D eigenvalue weighted by atomic mass is 16.7. The van der Waals surface area contributed by atoms with Gasteiger partial charge < -0.3 is 48.5 Å². The minimum Gasteiger partial charge on any atom is -0.507 e. The van der Waals surface area contributed by atoms with Gasteiger partial charge in [-0.1, -0.05) is 42.5 Å². The number of hydrogen-bond acceptors (Lipinski definition) is 12. The largest absolute Gasteiger partial charge is 0.507 e. The lowest BCUT2D eigenvalue weighted by atomic mass is 9.99. The predicted octanol–water partition coefficient (Wildman–Crippen LogP) is 2.63. The fourth-order valence-corrected chi connectivity index (χ4v) is 4.82. The van der Waals surface area contributed by atoms with Crippen molar-refractivity contribution >= 4 is 23.0 Å². The third kappa shape index (κ3) is 6.10. The smallest absolute Gasteiger partial charge is 0.331 e. The van der Waals surface area contributed by atoms with Crippen LogP contribution in [0.4, 0.5) is 0 Å². The number of aliphatic hydroxyl groups excluding tert-OH is 3. The lowest BCUT2D eigenvalue weighted by Gasteiger charge is -2.41. The van der Waals surface area contributed by atoms with Crippen molar-refractivity contribution in [3.8, 4) is 34.3 Å².